The van der Waals surface area contributed by atoms with Gasteiger partial charge in [-0.15, -0.1) is 0 Å². The molecular formula is C87H95Cl2N9O33. The van der Waals surface area contributed by atoms with Crippen molar-refractivity contribution >= 4 is 76.4 Å². The maximum absolute atomic E-state index is 17.0. The number of unbranched alkanes of at least 4 members (excludes halogenated alkanes) is 5. The summed E-state index contributed by atoms with van der Waals surface area (Å²) in [6, 6.07) is 0.662. The number of rotatable bonds is 19. The van der Waals surface area contributed by atoms with Crippen LogP contribution < -0.4 is 72.0 Å². The van der Waals surface area contributed by atoms with Gasteiger partial charge in [0.2, 0.25) is 65.6 Å². The van der Waals surface area contributed by atoms with Crippen LogP contribution in [0.2, 0.25) is 10.0 Å². The molecule has 0 spiro atoms. The van der Waals surface area contributed by atoms with Crippen LogP contribution in [-0.4, -0.2) is 254 Å². The molecule has 9 heterocycles. The standard InChI is InChI=1S/C87H95Cl2N9O33/c1-3-4-5-6-7-8-9-59(107)93-67-73(112)70(109)57(31-100)128-86(67)131-77-54-25-39-26-55(77)125-51-17-13-37(23-46(51)89)76(130-85-66(91-33(2)102)72(111)69(108)56(30-99)127-85)68-83(120)97-65(84(121)122)44-28-41(104)29-53(126-87-75(114)74(113)71(110)58(32-101)129-87)60(44)43-22-36(12-14-48(43)105)62(80(117)98-68)95-82(119)64(39)96-81(118)63-38-20-40(103)27-42(21-38)123-52-24-35(11-15-49(52)106)61(90)79(116)92-47(78(115)94-63)19-34-10-16-50(124-54)45(88)18-34/h10-18,20-29,47,56-58,61-76,85-87,99-101,103-106,108-114H,3-9,19,30-32,90H2,1-2H3,(H,91,102)(H,92,116)(H,93,107)(H,94,115)(H,95,119)(H,96,118)(H,97,120)(H,98,117)(H,121,122)/t47-,56-,57-,58-,61-,62-,63+,64-,65+,66-,67-,68+,69-,70-,71-,72-,73-,74+,75+,76-,85+,86+,87+/m1/s1. The van der Waals surface area contributed by atoms with E-state index in [1.165, 1.54) is 30.3 Å². The molecule has 42 nitrogen and oxygen atoms in total. The molecular weight excluding hydrogens is 1770 g/mol. The SMILES string of the molecule is CCCCCCCCC(=O)N[C@H]1[C@H](Oc2c3cc4cc2Oc2ccc(cc2Cl)[C@@H](O[C@@H]2O[C@H](CO)[C@@H](O)[C@H](O)[C@H]2NC(C)=O)[C@@H]2NC(=O)[C@H](NC(=O)[C@@H]4NC(=O)[C@H]4NC(=O)[C@@H](Cc5ccc(c(Cl)c5)O3)NC(=O)[C@H](N)c3ccc(O)c(c3)Oc3cc(O)cc4c3)c3ccc(O)c(c3)-c3c(O[C@H]4O[C@H](CO)[C@@H](O)[C@H](O)[C@@H]4O)cc(O)cc3[C@@H](C(=O)O)NC2=O)O[C@H](CO)[C@@H](O)[C@@H]1O. The van der Waals surface area contributed by atoms with Crippen molar-refractivity contribution < 1.29 is 162 Å². The number of carbonyl (C=O) groups excluding carboxylic acids is 8. The first-order valence-corrected chi connectivity index (χ1v) is 42.4. The van der Waals surface area contributed by atoms with Crippen LogP contribution in [0.25, 0.3) is 11.1 Å². The molecule has 0 saturated carbocycles. The van der Waals surface area contributed by atoms with Crippen molar-refractivity contribution in [2.75, 3.05) is 19.8 Å². The number of carbonyl (C=O) groups is 9. The molecule has 0 unspecified atom stereocenters. The predicted octanol–water partition coefficient (Wildman–Crippen LogP) is 0.774. The van der Waals surface area contributed by atoms with E-state index in [1.54, 1.807) is 0 Å². The molecule has 131 heavy (non-hydrogen) atoms. The van der Waals surface area contributed by atoms with Gasteiger partial charge >= 0.3 is 5.97 Å². The molecule has 44 heteroatoms. The lowest BCUT2D eigenvalue weighted by atomic mass is 9.89. The minimum absolute atomic E-state index is 0.0270. The molecule has 7 aromatic rings. The molecule has 7 aromatic carbocycles. The van der Waals surface area contributed by atoms with Crippen LogP contribution in [-0.2, 0) is 68.5 Å². The third kappa shape index (κ3) is 20.5. The minimum atomic E-state index is -2.59. The second-order valence-electron chi connectivity index (χ2n) is 32.4. The van der Waals surface area contributed by atoms with Crippen molar-refractivity contribution in [1.82, 2.24) is 42.5 Å². The van der Waals surface area contributed by atoms with Crippen molar-refractivity contribution in [2.45, 2.75) is 206 Å². The second-order valence-corrected chi connectivity index (χ2v) is 33.2. The first kappa shape index (κ1) is 95.0. The number of nitrogens with two attached hydrogens (primary N) is 1. The van der Waals surface area contributed by atoms with E-state index in [2.05, 4.69) is 42.5 Å². The Hall–Kier alpha value is -12.1. The Morgan fingerprint density at radius 3 is 1.67 bits per heavy atom. The highest BCUT2D eigenvalue weighted by Gasteiger charge is 2.52. The monoisotopic (exact) mass is 1860 g/mol. The summed E-state index contributed by atoms with van der Waals surface area (Å²) >= 11 is 14.7. The number of aliphatic carboxylic acids is 1. The summed E-state index contributed by atoms with van der Waals surface area (Å²) < 4.78 is 57.4. The van der Waals surface area contributed by atoms with Crippen molar-refractivity contribution in [3.8, 4) is 80.1 Å². The van der Waals surface area contributed by atoms with Gasteiger partial charge in [0.15, 0.2) is 35.3 Å². The summed E-state index contributed by atoms with van der Waals surface area (Å²) in [6.45, 7) is -0.143. The number of ether oxygens (including phenoxy) is 9. The third-order valence-corrected chi connectivity index (χ3v) is 23.8. The quantitative estimate of drug-likeness (QED) is 0.0497. The molecule has 17 bridgehead atoms. The number of nitrogens with one attached hydrogen (secondary N) is 8. The zero-order valence-electron chi connectivity index (χ0n) is 69.4. The largest absolute Gasteiger partial charge is 0.508 e. The van der Waals surface area contributed by atoms with Gasteiger partial charge in [0.05, 0.1) is 29.9 Å². The zero-order chi connectivity index (χ0) is 94.0. The molecule has 8 amide bonds. The lowest BCUT2D eigenvalue weighted by molar-refractivity contribution is -0.284. The number of fused-ring (bicyclic) bond motifs is 14. The van der Waals surface area contributed by atoms with Gasteiger partial charge in [-0.2, -0.15) is 0 Å². The number of hydrogen-bond donors (Lipinski definition) is 24. The first-order chi connectivity index (χ1) is 62.5. The molecule has 16 rings (SSSR count). The van der Waals surface area contributed by atoms with Crippen molar-refractivity contribution in [1.29, 1.82) is 0 Å². The molecule has 700 valence electrons. The summed E-state index contributed by atoms with van der Waals surface area (Å²) in [5.74, 6) is -19.6. The molecule has 23 atom stereocenters. The Labute approximate surface area is 753 Å². The molecule has 25 N–H and O–H groups in total. The second kappa shape index (κ2) is 40.4. The van der Waals surface area contributed by atoms with E-state index in [9.17, 15) is 95.8 Å². The van der Waals surface area contributed by atoms with E-state index in [0.717, 1.165) is 118 Å². The van der Waals surface area contributed by atoms with Crippen LogP contribution in [0.5, 0.6) is 69.0 Å². The summed E-state index contributed by atoms with van der Waals surface area (Å²) in [5, 5.41) is 190. The van der Waals surface area contributed by atoms with E-state index < -0.39 is 316 Å². The number of carboxylic acids is 1. The highest BCUT2D eigenvalue weighted by Crippen LogP contribution is 2.51. The van der Waals surface area contributed by atoms with Gasteiger partial charge in [-0.1, -0.05) is 86.5 Å². The average Bonchev–Trinajstić information content (AvgIpc) is 0.755. The van der Waals surface area contributed by atoms with Crippen LogP contribution in [0.1, 0.15) is 134 Å². The first-order valence-electron chi connectivity index (χ1n) is 41.6. The number of phenols is 4. The number of benzene rings is 7. The van der Waals surface area contributed by atoms with Crippen LogP contribution in [0.15, 0.2) is 115 Å². The fourth-order valence-corrected chi connectivity index (χ4v) is 16.8. The smallest absolute Gasteiger partial charge is 0.330 e. The minimum Gasteiger partial charge on any atom is -0.508 e. The Morgan fingerprint density at radius 2 is 1.04 bits per heavy atom. The van der Waals surface area contributed by atoms with Gasteiger partial charge in [0, 0.05) is 48.6 Å². The summed E-state index contributed by atoms with van der Waals surface area (Å²) in [7, 11) is 0. The summed E-state index contributed by atoms with van der Waals surface area (Å²) in [6.07, 6.45) is -24.9. The average molecular weight is 1870 g/mol. The van der Waals surface area contributed by atoms with Gasteiger partial charge in [0.1, 0.15) is 156 Å². The van der Waals surface area contributed by atoms with E-state index >= 15 is 24.0 Å². The number of hydrogen-bond acceptors (Lipinski definition) is 33. The van der Waals surface area contributed by atoms with Gasteiger partial charge in [-0.25, -0.2) is 4.79 Å². The summed E-state index contributed by atoms with van der Waals surface area (Å²) in [5.41, 5.74) is 2.79. The van der Waals surface area contributed by atoms with Gasteiger partial charge in [-0.3, -0.25) is 38.4 Å². The Balaban J connectivity index is 1.04. The molecule has 9 aliphatic heterocycles. The molecule has 0 radical (unpaired) electrons. The van der Waals surface area contributed by atoms with Crippen LogP contribution in [0, 0.1) is 0 Å². The number of amides is 8. The molecule has 0 aromatic heterocycles. The van der Waals surface area contributed by atoms with E-state index in [-0.39, 0.29) is 39.8 Å². The number of aliphatic hydroxyl groups excluding tert-OH is 10. The fourth-order valence-electron chi connectivity index (χ4n) is 16.3. The predicted molar refractivity (Wildman–Crippen MR) is 449 cm³/mol. The topological polar surface area (TPSA) is 662 Å². The van der Waals surface area contributed by atoms with E-state index in [0.29, 0.717) is 12.8 Å². The number of aromatic hydroxyl groups is 4. The summed E-state index contributed by atoms with van der Waals surface area (Å²) in [4.78, 5) is 138. The maximum atomic E-state index is 17.0. The fraction of sp³-hybridized carbons (Fsp3) is 0.414. The van der Waals surface area contributed by atoms with E-state index in [4.69, 9.17) is 71.6 Å². The van der Waals surface area contributed by atoms with Crippen LogP contribution in [0.4, 0.5) is 0 Å². The number of aliphatic hydroxyl groups is 10. The number of carboxylic acid groups (broad SMARTS) is 1. The Kier molecular flexibility index (Phi) is 29.3. The lowest BCUT2D eigenvalue weighted by Crippen LogP contribution is -2.65. The molecule has 9 aliphatic rings. The highest BCUT2D eigenvalue weighted by molar-refractivity contribution is 6.32. The van der Waals surface area contributed by atoms with Gasteiger partial charge in [0.25, 0.3) is 0 Å². The lowest BCUT2D eigenvalue weighted by Gasteiger charge is -2.44. The Morgan fingerprint density at radius 1 is 0.489 bits per heavy atom. The van der Waals surface area contributed by atoms with Gasteiger partial charge < -0.3 is 167 Å². The van der Waals surface area contributed by atoms with E-state index in [1.807, 2.05) is 6.92 Å². The molecule has 3 saturated heterocycles. The molecule has 0 aliphatic carbocycles. The van der Waals surface area contributed by atoms with Crippen molar-refractivity contribution in [2.24, 2.45) is 5.73 Å². The van der Waals surface area contributed by atoms with Gasteiger partial charge in [-0.05, 0) is 119 Å². The van der Waals surface area contributed by atoms with Crippen molar-refractivity contribution in [3.05, 3.63) is 164 Å². The van der Waals surface area contributed by atoms with Crippen LogP contribution in [0.3, 0.4) is 0 Å². The normalized spacial score (nSPS) is 29.0. The molecule has 3 fully saturated rings. The number of phenolic OH excluding ortho intramolecular Hbond substituents is 4. The number of halogens is 2. The maximum Gasteiger partial charge on any atom is 0.330 e. The third-order valence-electron chi connectivity index (χ3n) is 23.2. The highest BCUT2D eigenvalue weighted by atomic mass is 35.5. The Bertz CT molecular complexity index is 5520. The van der Waals surface area contributed by atoms with Crippen LogP contribution >= 0.6 is 23.2 Å². The zero-order valence-corrected chi connectivity index (χ0v) is 70.9. The van der Waals surface area contributed by atoms with Crippen molar-refractivity contribution in [3.63, 3.8) is 0 Å².